The maximum Gasteiger partial charge on any atom is 1.00 e. The van der Waals surface area contributed by atoms with Gasteiger partial charge in [0.15, 0.2) is 0 Å². The van der Waals surface area contributed by atoms with Gasteiger partial charge in [-0.05, 0) is 19.3 Å². The third-order valence-corrected chi connectivity index (χ3v) is 4.68. The van der Waals surface area contributed by atoms with Gasteiger partial charge in [-0.2, -0.15) is 43.8 Å². The van der Waals surface area contributed by atoms with E-state index in [-0.39, 0.29) is 54.6 Å². The second kappa shape index (κ2) is 16.3. The van der Waals surface area contributed by atoms with Crippen molar-refractivity contribution in [3.8, 4) is 0 Å². The topological polar surface area (TPSA) is 94.1 Å². The number of carbonyl (C=O) groups excluding carboxylic acids is 2. The number of hydrogen-bond acceptors (Lipinski definition) is 8. The van der Waals surface area contributed by atoms with E-state index in [0.29, 0.717) is 19.3 Å². The van der Waals surface area contributed by atoms with E-state index in [4.69, 9.17) is 4.74 Å². The Morgan fingerprint density at radius 3 is 1.91 bits per heavy atom. The standard InChI is InChI=1S/C16H20F10O7S.Na/c17-6-3-1-2-4-7-31-12(28)10(34-33-32-29)9-11(27)30-8-5-13(18,19)14(20,21)15(22,23)16(24,25)26;/h10,29H,1-9H2;/q;+1/p-1. The summed E-state index contributed by atoms with van der Waals surface area (Å²) in [6.45, 7) is -2.47. The minimum Gasteiger partial charge on any atom is -0.691 e. The molecule has 0 radical (unpaired) electrons. The Labute approximate surface area is 218 Å². The first-order valence-electron chi connectivity index (χ1n) is 9.25. The number of carbonyl (C=O) groups is 2. The first-order chi connectivity index (χ1) is 15.5. The molecule has 0 amide bonds. The molecule has 1 unspecified atom stereocenters. The molecule has 0 aromatic heterocycles. The molecular formula is C16H19F10NaO7S. The van der Waals surface area contributed by atoms with Gasteiger partial charge in [-0.3, -0.25) is 19.0 Å². The number of halogens is 10. The van der Waals surface area contributed by atoms with Crippen LogP contribution < -0.4 is 34.8 Å². The maximum atomic E-state index is 13.4. The predicted molar refractivity (Wildman–Crippen MR) is 90.0 cm³/mol. The summed E-state index contributed by atoms with van der Waals surface area (Å²) in [4.78, 5) is 23.5. The van der Waals surface area contributed by atoms with Gasteiger partial charge in [0.1, 0.15) is 5.25 Å². The van der Waals surface area contributed by atoms with E-state index < -0.39 is 67.3 Å². The molecule has 0 saturated carbocycles. The zero-order valence-electron chi connectivity index (χ0n) is 18.0. The third kappa shape index (κ3) is 11.6. The zero-order chi connectivity index (χ0) is 26.6. The molecule has 0 spiro atoms. The van der Waals surface area contributed by atoms with Crippen LogP contribution in [0.25, 0.3) is 0 Å². The van der Waals surface area contributed by atoms with E-state index in [0.717, 1.165) is 0 Å². The van der Waals surface area contributed by atoms with Crippen molar-refractivity contribution in [2.24, 2.45) is 0 Å². The average Bonchev–Trinajstić information content (AvgIpc) is 2.72. The number of rotatable bonds is 17. The summed E-state index contributed by atoms with van der Waals surface area (Å²) in [6, 6.07) is 0. The first kappa shape index (κ1) is 36.6. The Morgan fingerprint density at radius 2 is 1.40 bits per heavy atom. The van der Waals surface area contributed by atoms with Gasteiger partial charge < -0.3 is 14.7 Å². The summed E-state index contributed by atoms with van der Waals surface area (Å²) in [5.74, 6) is -22.7. The Morgan fingerprint density at radius 1 is 0.829 bits per heavy atom. The minimum absolute atomic E-state index is 0. The van der Waals surface area contributed by atoms with E-state index >= 15 is 0 Å². The maximum absolute atomic E-state index is 13.4. The van der Waals surface area contributed by atoms with Crippen LogP contribution in [0.2, 0.25) is 0 Å². The number of alkyl halides is 10. The van der Waals surface area contributed by atoms with E-state index in [2.05, 4.69) is 14.1 Å². The van der Waals surface area contributed by atoms with E-state index in [9.17, 15) is 58.8 Å². The molecule has 0 aliphatic carbocycles. The van der Waals surface area contributed by atoms with Crippen LogP contribution in [-0.4, -0.2) is 61.0 Å². The van der Waals surface area contributed by atoms with Crippen LogP contribution >= 0.6 is 12.0 Å². The number of esters is 2. The summed E-state index contributed by atoms with van der Waals surface area (Å²) >= 11 is -0.0728. The second-order valence-corrected chi connectivity index (χ2v) is 7.41. The molecule has 0 aromatic rings. The second-order valence-electron chi connectivity index (χ2n) is 6.52. The van der Waals surface area contributed by atoms with Crippen molar-refractivity contribution in [3.63, 3.8) is 0 Å². The summed E-state index contributed by atoms with van der Waals surface area (Å²) in [5.41, 5.74) is 0. The average molecular weight is 568 g/mol. The summed E-state index contributed by atoms with van der Waals surface area (Å²) in [5, 5.41) is 11.2. The zero-order valence-corrected chi connectivity index (χ0v) is 20.8. The van der Waals surface area contributed by atoms with Crippen LogP contribution in [0.5, 0.6) is 0 Å². The van der Waals surface area contributed by atoms with E-state index in [1.807, 2.05) is 0 Å². The number of hydrogen-bond donors (Lipinski definition) is 0. The fraction of sp³-hybridized carbons (Fsp3) is 0.875. The normalized spacial score (nSPS) is 13.7. The molecular weight excluding hydrogens is 549 g/mol. The molecule has 0 rings (SSSR count). The van der Waals surface area contributed by atoms with Crippen LogP contribution in [0.1, 0.15) is 38.5 Å². The van der Waals surface area contributed by atoms with Crippen molar-refractivity contribution < 1.29 is 107 Å². The minimum atomic E-state index is -7.08. The smallest absolute Gasteiger partial charge is 0.691 e. The summed E-state index contributed by atoms with van der Waals surface area (Å²) < 4.78 is 139. The van der Waals surface area contributed by atoms with Crippen molar-refractivity contribution >= 4 is 24.0 Å². The molecule has 202 valence electrons. The fourth-order valence-corrected chi connectivity index (χ4v) is 2.58. The van der Waals surface area contributed by atoms with Crippen LogP contribution in [0, 0.1) is 0 Å². The Balaban J connectivity index is 0. The van der Waals surface area contributed by atoms with Gasteiger partial charge in [0.2, 0.25) is 0 Å². The van der Waals surface area contributed by atoms with E-state index in [1.165, 1.54) is 0 Å². The van der Waals surface area contributed by atoms with Crippen molar-refractivity contribution in [2.75, 3.05) is 19.9 Å². The molecule has 0 aromatic carbocycles. The largest absolute Gasteiger partial charge is 1.00 e. The van der Waals surface area contributed by atoms with Crippen LogP contribution in [0.15, 0.2) is 0 Å². The van der Waals surface area contributed by atoms with Gasteiger partial charge in [0.25, 0.3) is 0 Å². The van der Waals surface area contributed by atoms with Gasteiger partial charge >= 0.3 is 65.4 Å². The molecule has 0 aliphatic heterocycles. The molecule has 0 N–H and O–H groups in total. The van der Waals surface area contributed by atoms with E-state index in [1.54, 1.807) is 0 Å². The molecule has 0 heterocycles. The first-order valence-corrected chi connectivity index (χ1v) is 10.1. The van der Waals surface area contributed by atoms with Gasteiger partial charge in [-0.25, -0.2) is 0 Å². The Bertz CT molecular complexity index is 640. The summed E-state index contributed by atoms with van der Waals surface area (Å²) in [7, 11) is 0. The quantitative estimate of drug-likeness (QED) is 0.0490. The predicted octanol–water partition coefficient (Wildman–Crippen LogP) is 1.10. The molecule has 1 atom stereocenters. The molecule has 35 heavy (non-hydrogen) atoms. The molecule has 0 bridgehead atoms. The van der Waals surface area contributed by atoms with Gasteiger partial charge in [-0.15, -0.1) is 0 Å². The van der Waals surface area contributed by atoms with Crippen molar-refractivity contribution in [1.29, 1.82) is 0 Å². The summed E-state index contributed by atoms with van der Waals surface area (Å²) in [6.07, 6.45) is -8.94. The van der Waals surface area contributed by atoms with Crippen molar-refractivity contribution in [2.45, 2.75) is 67.7 Å². The van der Waals surface area contributed by atoms with Crippen LogP contribution in [0.4, 0.5) is 43.9 Å². The van der Waals surface area contributed by atoms with Crippen molar-refractivity contribution in [1.82, 2.24) is 0 Å². The Kier molecular flexibility index (Phi) is 17.1. The molecule has 0 fully saturated rings. The number of ether oxygens (including phenoxy) is 2. The van der Waals surface area contributed by atoms with Crippen LogP contribution in [0.3, 0.4) is 0 Å². The Hall–Kier alpha value is -0.530. The van der Waals surface area contributed by atoms with Crippen molar-refractivity contribution in [3.05, 3.63) is 0 Å². The molecule has 0 aliphatic rings. The number of unbranched alkanes of at least 4 members (excludes halogenated alkanes) is 3. The van der Waals surface area contributed by atoms with Gasteiger partial charge in [0.05, 0.1) is 32.7 Å². The van der Waals surface area contributed by atoms with Gasteiger partial charge in [0, 0.05) is 12.0 Å². The van der Waals surface area contributed by atoms with Crippen LogP contribution in [-0.2, 0) is 28.4 Å². The molecule has 7 nitrogen and oxygen atoms in total. The third-order valence-electron chi connectivity index (χ3n) is 3.96. The molecule has 0 saturated heterocycles. The van der Waals surface area contributed by atoms with Gasteiger partial charge in [-0.1, -0.05) is 6.42 Å². The fourth-order valence-electron chi connectivity index (χ4n) is 2.10. The SMILES string of the molecule is O=C(CC(SOO[O-])C(=O)OCCCCCCF)OCCC(F)(F)C(F)(F)C(F)(F)C(F)(F)F.[Na+]. The monoisotopic (exact) mass is 568 g/mol. The molecule has 19 heteroatoms.